The third-order valence-electron chi connectivity index (χ3n) is 3.84. The third kappa shape index (κ3) is 1.32. The highest BCUT2D eigenvalue weighted by Crippen LogP contribution is 2.63. The van der Waals surface area contributed by atoms with Crippen molar-refractivity contribution >= 4 is 0 Å². The molecule has 0 heterocycles. The first-order valence-corrected chi connectivity index (χ1v) is 5.05. The van der Waals surface area contributed by atoms with Crippen LogP contribution in [0.4, 0.5) is 0 Å². The Balaban J connectivity index is 2.51. The van der Waals surface area contributed by atoms with Crippen molar-refractivity contribution in [3.8, 4) is 0 Å². The van der Waals surface area contributed by atoms with Crippen molar-refractivity contribution in [3.05, 3.63) is 0 Å². The number of hydrogen-bond donors (Lipinski definition) is 0. The fraction of sp³-hybridized carbons (Fsp3) is 1.00. The second-order valence-electron chi connectivity index (χ2n) is 4.75. The molecule has 11 heavy (non-hydrogen) atoms. The van der Waals surface area contributed by atoms with Gasteiger partial charge in [0, 0.05) is 0 Å². The summed E-state index contributed by atoms with van der Waals surface area (Å²) in [6.07, 6.45) is 2.73. The summed E-state index contributed by atoms with van der Waals surface area (Å²) >= 11 is 0. The van der Waals surface area contributed by atoms with Gasteiger partial charge in [0.25, 0.3) is 0 Å². The van der Waals surface area contributed by atoms with Gasteiger partial charge in [-0.1, -0.05) is 47.5 Å². The van der Waals surface area contributed by atoms with Gasteiger partial charge in [-0.15, -0.1) is 0 Å². The summed E-state index contributed by atoms with van der Waals surface area (Å²) in [4.78, 5) is 0. The van der Waals surface area contributed by atoms with Crippen LogP contribution in [0.15, 0.2) is 0 Å². The van der Waals surface area contributed by atoms with Crippen molar-refractivity contribution in [1.82, 2.24) is 0 Å². The smallest absolute Gasteiger partial charge is 0.0289 e. The highest BCUT2D eigenvalue weighted by atomic mass is 14.6. The van der Waals surface area contributed by atoms with Crippen LogP contribution in [0.1, 0.15) is 47.5 Å². The largest absolute Gasteiger partial charge is 0.0651 e. The maximum atomic E-state index is 2.43. The molecule has 0 saturated heterocycles. The predicted octanol–water partition coefficient (Wildman–Crippen LogP) is 3.71. The van der Waals surface area contributed by atoms with Gasteiger partial charge < -0.3 is 0 Å². The van der Waals surface area contributed by atoms with Crippen LogP contribution in [-0.4, -0.2) is 0 Å². The highest BCUT2D eigenvalue weighted by molar-refractivity contribution is 5.05. The van der Waals surface area contributed by atoms with Crippen LogP contribution in [0.2, 0.25) is 0 Å². The number of hydrogen-bond acceptors (Lipinski definition) is 0. The Morgan fingerprint density at radius 1 is 1.27 bits per heavy atom. The first-order valence-electron chi connectivity index (χ1n) is 5.05. The second-order valence-corrected chi connectivity index (χ2v) is 4.75. The molecule has 0 heteroatoms. The fourth-order valence-electron chi connectivity index (χ4n) is 2.95. The van der Waals surface area contributed by atoms with Crippen LogP contribution in [0.3, 0.4) is 0 Å². The first kappa shape index (κ1) is 9.09. The van der Waals surface area contributed by atoms with Gasteiger partial charge in [0.15, 0.2) is 0 Å². The van der Waals surface area contributed by atoms with Gasteiger partial charge in [0.05, 0.1) is 0 Å². The summed E-state index contributed by atoms with van der Waals surface area (Å²) in [7, 11) is 0. The molecule has 0 radical (unpaired) electrons. The van der Waals surface area contributed by atoms with E-state index in [4.69, 9.17) is 0 Å². The molecule has 1 fully saturated rings. The molecule has 0 N–H and O–H groups in total. The van der Waals surface area contributed by atoms with E-state index in [0.29, 0.717) is 5.41 Å². The third-order valence-corrected chi connectivity index (χ3v) is 3.84. The van der Waals surface area contributed by atoms with E-state index in [9.17, 15) is 0 Å². The highest BCUT2D eigenvalue weighted by Gasteiger charge is 2.57. The average molecular weight is 154 g/mol. The Morgan fingerprint density at radius 2 is 1.82 bits per heavy atom. The maximum Gasteiger partial charge on any atom is -0.0289 e. The summed E-state index contributed by atoms with van der Waals surface area (Å²) in [5.41, 5.74) is 0.657. The van der Waals surface area contributed by atoms with Gasteiger partial charge in [0.2, 0.25) is 0 Å². The van der Waals surface area contributed by atoms with Crippen molar-refractivity contribution in [3.63, 3.8) is 0 Å². The zero-order chi connectivity index (χ0) is 8.65. The van der Waals surface area contributed by atoms with Crippen molar-refractivity contribution in [2.24, 2.45) is 23.2 Å². The van der Waals surface area contributed by atoms with Crippen molar-refractivity contribution in [1.29, 1.82) is 0 Å². The van der Waals surface area contributed by atoms with Gasteiger partial charge in [-0.2, -0.15) is 0 Å². The molecule has 1 rings (SSSR count). The van der Waals surface area contributed by atoms with Crippen LogP contribution in [-0.2, 0) is 0 Å². The zero-order valence-corrected chi connectivity index (χ0v) is 8.65. The van der Waals surface area contributed by atoms with Crippen LogP contribution >= 0.6 is 0 Å². The van der Waals surface area contributed by atoms with Gasteiger partial charge >= 0.3 is 0 Å². The van der Waals surface area contributed by atoms with Crippen LogP contribution in [0.25, 0.3) is 0 Å². The molecule has 1 saturated carbocycles. The van der Waals surface area contributed by atoms with E-state index in [1.165, 1.54) is 12.8 Å². The molecule has 0 spiro atoms. The lowest BCUT2D eigenvalue weighted by molar-refractivity contribution is 0.411. The lowest BCUT2D eigenvalue weighted by atomic mass is 9.97. The minimum atomic E-state index is 0.657. The summed E-state index contributed by atoms with van der Waals surface area (Å²) in [6.45, 7) is 11.9. The monoisotopic (exact) mass is 154 g/mol. The maximum absolute atomic E-state index is 2.43. The Kier molecular flexibility index (Phi) is 2.32. The van der Waals surface area contributed by atoms with E-state index < -0.39 is 0 Å². The molecular formula is C11H22. The molecule has 0 amide bonds. The van der Waals surface area contributed by atoms with E-state index in [0.717, 1.165) is 17.8 Å². The lowest BCUT2D eigenvalue weighted by Crippen LogP contribution is -2.00. The van der Waals surface area contributed by atoms with Crippen LogP contribution in [0, 0.1) is 23.2 Å². The Morgan fingerprint density at radius 3 is 2.09 bits per heavy atom. The second kappa shape index (κ2) is 2.80. The summed E-state index contributed by atoms with van der Waals surface area (Å²) < 4.78 is 0. The first-order chi connectivity index (χ1) is 5.05. The van der Waals surface area contributed by atoms with Crippen molar-refractivity contribution < 1.29 is 0 Å². The molecule has 1 aliphatic rings. The summed E-state index contributed by atoms with van der Waals surface area (Å²) in [6, 6.07) is 0. The standard InChI is InChI=1S/C11H22/c1-6-8(3)10-9(7-2)11(10,4)5/h8-10H,6-7H2,1-5H3. The SMILES string of the molecule is CCC(C)C1C(CC)C1(C)C. The molecule has 0 aromatic heterocycles. The lowest BCUT2D eigenvalue weighted by Gasteiger charge is -2.08. The number of rotatable bonds is 3. The predicted molar refractivity (Wildman–Crippen MR) is 50.5 cm³/mol. The molecule has 0 nitrogen and oxygen atoms in total. The molecule has 3 unspecified atom stereocenters. The van der Waals surface area contributed by atoms with Gasteiger partial charge in [-0.3, -0.25) is 0 Å². The van der Waals surface area contributed by atoms with Crippen LogP contribution < -0.4 is 0 Å². The minimum absolute atomic E-state index is 0.657. The molecular weight excluding hydrogens is 132 g/mol. The summed E-state index contributed by atoms with van der Waals surface area (Å²) in [5, 5.41) is 0. The molecule has 66 valence electrons. The fourth-order valence-corrected chi connectivity index (χ4v) is 2.95. The van der Waals surface area contributed by atoms with E-state index in [1.807, 2.05) is 0 Å². The molecule has 1 aliphatic carbocycles. The Hall–Kier alpha value is 0. The Labute approximate surface area is 71.4 Å². The molecule has 0 bridgehead atoms. The zero-order valence-electron chi connectivity index (χ0n) is 8.65. The van der Waals surface area contributed by atoms with Gasteiger partial charge in [0.1, 0.15) is 0 Å². The average Bonchev–Trinajstić information content (AvgIpc) is 2.51. The quantitative estimate of drug-likeness (QED) is 0.581. The molecule has 0 aromatic rings. The Bertz CT molecular complexity index is 135. The van der Waals surface area contributed by atoms with E-state index in [-0.39, 0.29) is 0 Å². The van der Waals surface area contributed by atoms with E-state index >= 15 is 0 Å². The normalized spacial score (nSPS) is 36.8. The van der Waals surface area contributed by atoms with E-state index in [2.05, 4.69) is 34.6 Å². The van der Waals surface area contributed by atoms with Crippen LogP contribution in [0.5, 0.6) is 0 Å². The minimum Gasteiger partial charge on any atom is -0.0651 e. The van der Waals surface area contributed by atoms with Crippen molar-refractivity contribution in [2.75, 3.05) is 0 Å². The van der Waals surface area contributed by atoms with Gasteiger partial charge in [-0.25, -0.2) is 0 Å². The topological polar surface area (TPSA) is 0 Å². The summed E-state index contributed by atoms with van der Waals surface area (Å²) in [5.74, 6) is 2.96. The molecule has 0 aromatic carbocycles. The van der Waals surface area contributed by atoms with E-state index in [1.54, 1.807) is 0 Å². The van der Waals surface area contributed by atoms with Gasteiger partial charge in [-0.05, 0) is 23.2 Å². The molecule has 3 atom stereocenters. The molecule has 0 aliphatic heterocycles. The van der Waals surface area contributed by atoms with Crippen molar-refractivity contribution in [2.45, 2.75) is 47.5 Å².